The summed E-state index contributed by atoms with van der Waals surface area (Å²) in [5, 5.41) is 9.14. The Hall–Kier alpha value is -2.72. The lowest BCUT2D eigenvalue weighted by Crippen LogP contribution is -2.15. The first-order chi connectivity index (χ1) is 16.8. The third kappa shape index (κ3) is 11.5. The van der Waals surface area contributed by atoms with Crippen molar-refractivity contribution >= 4 is 51.8 Å². The number of ether oxygens (including phenoxy) is 1. The molecule has 0 radical (unpaired) electrons. The molecule has 0 spiro atoms. The molecular weight excluding hydrogens is 584 g/mol. The van der Waals surface area contributed by atoms with Crippen LogP contribution in [-0.4, -0.2) is 79.7 Å². The zero-order chi connectivity index (χ0) is 28.7. The first-order valence-electron chi connectivity index (χ1n) is 9.48. The quantitative estimate of drug-likeness (QED) is 0.121. The van der Waals surface area contributed by atoms with Gasteiger partial charge in [-0.25, -0.2) is 25.2 Å². The SMILES string of the molecule is COc1ccc(S(=O)(=O)CCOS(=O)(=O)O)cc1N.Nc1cc(S(=O)(=O)CCOS(=O)(=O)O)ccc1O. The molecule has 0 aromatic heterocycles. The molecule has 0 aliphatic carbocycles. The van der Waals surface area contributed by atoms with E-state index in [-0.39, 0.29) is 26.9 Å². The summed E-state index contributed by atoms with van der Waals surface area (Å²) in [5.41, 5.74) is 10.9. The number of methoxy groups -OCH3 is 1. The Labute approximate surface area is 213 Å². The van der Waals surface area contributed by atoms with Crippen LogP contribution in [0, 0.1) is 0 Å². The maximum atomic E-state index is 11.8. The Morgan fingerprint density at radius 1 is 0.703 bits per heavy atom. The van der Waals surface area contributed by atoms with E-state index in [4.69, 9.17) is 30.4 Å². The summed E-state index contributed by atoms with van der Waals surface area (Å²) in [6.45, 7) is -1.41. The molecule has 16 nitrogen and oxygen atoms in total. The van der Waals surface area contributed by atoms with Crippen LogP contribution in [0.25, 0.3) is 0 Å². The van der Waals surface area contributed by atoms with Gasteiger partial charge >= 0.3 is 20.8 Å². The van der Waals surface area contributed by atoms with Crippen molar-refractivity contribution in [3.63, 3.8) is 0 Å². The first kappa shape index (κ1) is 32.3. The van der Waals surface area contributed by atoms with Crippen molar-refractivity contribution < 1.29 is 61.0 Å². The molecular formula is C17H24N2O14S4. The largest absolute Gasteiger partial charge is 0.506 e. The third-order valence-corrected chi connectivity index (χ3v) is 8.37. The summed E-state index contributed by atoms with van der Waals surface area (Å²) in [4.78, 5) is -0.276. The van der Waals surface area contributed by atoms with E-state index in [1.165, 1.54) is 25.3 Å². The number of sulfone groups is 2. The average Bonchev–Trinajstić information content (AvgIpc) is 2.73. The van der Waals surface area contributed by atoms with Crippen molar-refractivity contribution in [1.82, 2.24) is 0 Å². The van der Waals surface area contributed by atoms with Crippen LogP contribution in [0.2, 0.25) is 0 Å². The number of nitrogen functional groups attached to an aromatic ring is 2. The van der Waals surface area contributed by atoms with Crippen LogP contribution >= 0.6 is 0 Å². The van der Waals surface area contributed by atoms with E-state index >= 15 is 0 Å². The second-order valence-electron chi connectivity index (χ2n) is 6.76. The van der Waals surface area contributed by atoms with Crippen molar-refractivity contribution in [3.05, 3.63) is 36.4 Å². The van der Waals surface area contributed by atoms with Crippen molar-refractivity contribution in [2.24, 2.45) is 0 Å². The van der Waals surface area contributed by atoms with Crippen LogP contribution < -0.4 is 16.2 Å². The van der Waals surface area contributed by atoms with Gasteiger partial charge in [-0.3, -0.25) is 9.11 Å². The number of benzene rings is 2. The molecule has 0 bridgehead atoms. The number of phenolic OH excluding ortho intramolecular Hbond substituents is 1. The molecule has 0 saturated carbocycles. The van der Waals surface area contributed by atoms with E-state index in [1.807, 2.05) is 0 Å². The zero-order valence-corrected chi connectivity index (χ0v) is 22.2. The lowest BCUT2D eigenvalue weighted by atomic mass is 10.3. The van der Waals surface area contributed by atoms with Gasteiger partial charge in [0, 0.05) is 0 Å². The molecule has 2 aromatic rings. The number of rotatable bonds is 11. The van der Waals surface area contributed by atoms with Gasteiger partial charge in [-0.05, 0) is 36.4 Å². The molecule has 2 aromatic carbocycles. The van der Waals surface area contributed by atoms with Crippen molar-refractivity contribution in [2.45, 2.75) is 9.79 Å². The fourth-order valence-electron chi connectivity index (χ4n) is 2.37. The molecule has 7 N–H and O–H groups in total. The Morgan fingerprint density at radius 3 is 1.46 bits per heavy atom. The van der Waals surface area contributed by atoms with Gasteiger partial charge < -0.3 is 21.3 Å². The number of hydrogen-bond acceptors (Lipinski definition) is 14. The number of hydrogen-bond donors (Lipinski definition) is 5. The fourth-order valence-corrected chi connectivity index (χ4v) is 5.41. The summed E-state index contributed by atoms with van der Waals surface area (Å²) in [6.07, 6.45) is 0. The Bertz CT molecular complexity index is 1520. The van der Waals surface area contributed by atoms with Gasteiger partial charge in [0.25, 0.3) is 0 Å². The standard InChI is InChI=1S/C9H13NO7S2.C8H11NO7S2/c1-16-9-3-2-7(6-8(9)10)18(11,12)5-4-17-19(13,14)15;9-7-5-6(1-2-8(7)10)17(11,12)4-3-16-18(13,14)15/h2-3,6H,4-5,10H2,1H3,(H,13,14,15);1-2,5,10H,3-4,9H2,(H,13,14,15). The van der Waals surface area contributed by atoms with Gasteiger partial charge in [0.05, 0.1) is 53.0 Å². The predicted octanol–water partition coefficient (Wildman–Crippen LogP) is -0.562. The van der Waals surface area contributed by atoms with Gasteiger partial charge in [0.1, 0.15) is 11.5 Å². The van der Waals surface area contributed by atoms with Crippen LogP contribution in [0.3, 0.4) is 0 Å². The van der Waals surface area contributed by atoms with Crippen molar-refractivity contribution in [3.8, 4) is 11.5 Å². The minimum atomic E-state index is -4.67. The number of anilines is 2. The molecule has 0 atom stereocenters. The summed E-state index contributed by atoms with van der Waals surface area (Å²) < 4.78 is 117. The second kappa shape index (κ2) is 12.7. The molecule has 0 saturated heterocycles. The predicted molar refractivity (Wildman–Crippen MR) is 129 cm³/mol. The molecule has 0 aliphatic heterocycles. The van der Waals surface area contributed by atoms with E-state index in [0.29, 0.717) is 5.75 Å². The third-order valence-electron chi connectivity index (χ3n) is 4.09. The minimum Gasteiger partial charge on any atom is -0.506 e. The highest BCUT2D eigenvalue weighted by Crippen LogP contribution is 2.25. The van der Waals surface area contributed by atoms with Gasteiger partial charge in [-0.15, -0.1) is 0 Å². The molecule has 0 fully saturated rings. The van der Waals surface area contributed by atoms with Gasteiger partial charge in [-0.2, -0.15) is 16.8 Å². The van der Waals surface area contributed by atoms with E-state index in [2.05, 4.69) is 8.37 Å². The van der Waals surface area contributed by atoms with E-state index in [0.717, 1.165) is 18.2 Å². The smallest absolute Gasteiger partial charge is 0.397 e. The summed E-state index contributed by atoms with van der Waals surface area (Å²) in [6, 6.07) is 7.11. The Balaban J connectivity index is 0.000000371. The molecule has 2 rings (SSSR count). The summed E-state index contributed by atoms with van der Waals surface area (Å²) >= 11 is 0. The maximum absolute atomic E-state index is 11.8. The molecule has 0 aliphatic rings. The molecule has 0 heterocycles. The highest BCUT2D eigenvalue weighted by atomic mass is 32.3. The van der Waals surface area contributed by atoms with Crippen LogP contribution in [0.5, 0.6) is 11.5 Å². The topological polar surface area (TPSA) is 277 Å². The fraction of sp³-hybridized carbons (Fsp3) is 0.294. The van der Waals surface area contributed by atoms with Crippen LogP contribution in [0.4, 0.5) is 11.4 Å². The zero-order valence-electron chi connectivity index (χ0n) is 18.9. The second-order valence-corrected chi connectivity index (χ2v) is 13.2. The van der Waals surface area contributed by atoms with Gasteiger partial charge in [0.15, 0.2) is 19.7 Å². The summed E-state index contributed by atoms with van der Waals surface area (Å²) in [5.74, 6) is -1.20. The van der Waals surface area contributed by atoms with Crippen LogP contribution in [0.1, 0.15) is 0 Å². The van der Waals surface area contributed by atoms with Crippen molar-refractivity contribution in [1.29, 1.82) is 0 Å². The Kier molecular flexibility index (Phi) is 11.1. The number of aromatic hydroxyl groups is 1. The van der Waals surface area contributed by atoms with Crippen molar-refractivity contribution in [2.75, 3.05) is 43.3 Å². The number of phenols is 1. The molecule has 0 amide bonds. The van der Waals surface area contributed by atoms with Gasteiger partial charge in [-0.1, -0.05) is 0 Å². The highest BCUT2D eigenvalue weighted by molar-refractivity contribution is 7.91. The average molecular weight is 609 g/mol. The normalized spacial score (nSPS) is 12.4. The van der Waals surface area contributed by atoms with E-state index in [1.54, 1.807) is 0 Å². The van der Waals surface area contributed by atoms with Gasteiger partial charge in [0.2, 0.25) is 0 Å². The molecule has 37 heavy (non-hydrogen) atoms. The minimum absolute atomic E-state index is 0.0928. The summed E-state index contributed by atoms with van der Waals surface area (Å²) in [7, 11) is -15.5. The van der Waals surface area contributed by atoms with Crippen LogP contribution in [-0.2, 0) is 48.8 Å². The van der Waals surface area contributed by atoms with Crippen LogP contribution in [0.15, 0.2) is 46.2 Å². The molecule has 0 unspecified atom stereocenters. The Morgan fingerprint density at radius 2 is 1.11 bits per heavy atom. The van der Waals surface area contributed by atoms with E-state index < -0.39 is 65.2 Å². The molecule has 20 heteroatoms. The highest BCUT2D eigenvalue weighted by Gasteiger charge is 2.18. The maximum Gasteiger partial charge on any atom is 0.397 e. The lowest BCUT2D eigenvalue weighted by molar-refractivity contribution is 0.282. The number of nitrogens with two attached hydrogens (primary N) is 2. The first-order valence-corrected chi connectivity index (χ1v) is 15.5. The van der Waals surface area contributed by atoms with E-state index in [9.17, 15) is 33.7 Å². The lowest BCUT2D eigenvalue weighted by Gasteiger charge is -2.08. The monoisotopic (exact) mass is 608 g/mol. The molecule has 210 valence electrons.